The third-order valence-corrected chi connectivity index (χ3v) is 5.06. The number of carbonyl (C=O) groups is 2. The third kappa shape index (κ3) is 5.46. The number of nitrogens with zero attached hydrogens (tertiary/aromatic N) is 1. The Bertz CT molecular complexity index is 449. The number of hydrogen-bond acceptors (Lipinski definition) is 5. The first-order chi connectivity index (χ1) is 9.35. The number of amides is 2. The minimum atomic E-state index is -3.03. The van der Waals surface area contributed by atoms with Crippen molar-refractivity contribution in [1.29, 1.82) is 0 Å². The quantitative estimate of drug-likeness (QED) is 0.490. The van der Waals surface area contributed by atoms with Crippen LogP contribution in [0.25, 0.3) is 0 Å². The monoisotopic (exact) mass is 306 g/mol. The summed E-state index contributed by atoms with van der Waals surface area (Å²) in [6.45, 7) is 1.01. The van der Waals surface area contributed by atoms with Crippen LogP contribution in [0.1, 0.15) is 19.3 Å². The van der Waals surface area contributed by atoms with Crippen LogP contribution in [0, 0.1) is 0 Å². The minimum absolute atomic E-state index is 0.00923. The van der Waals surface area contributed by atoms with Crippen LogP contribution in [0.15, 0.2) is 0 Å². The first kappa shape index (κ1) is 16.9. The fourth-order valence-corrected chi connectivity index (χ4v) is 3.83. The Hall–Kier alpha value is -1.15. The smallest absolute Gasteiger partial charge is 0.232 e. The first-order valence-corrected chi connectivity index (χ1v) is 8.39. The van der Waals surface area contributed by atoms with Crippen molar-refractivity contribution in [1.82, 2.24) is 10.2 Å². The maximum absolute atomic E-state index is 11.9. The van der Waals surface area contributed by atoms with Crippen LogP contribution in [0.2, 0.25) is 0 Å². The Morgan fingerprint density at radius 2 is 2.10 bits per heavy atom. The fraction of sp³-hybridized carbons (Fsp3) is 0.833. The first-order valence-electron chi connectivity index (χ1n) is 6.57. The van der Waals surface area contributed by atoms with Crippen molar-refractivity contribution in [2.75, 3.05) is 38.8 Å². The molecular weight excluding hydrogens is 284 g/mol. The van der Waals surface area contributed by atoms with Crippen LogP contribution in [0.5, 0.6) is 0 Å². The molecule has 1 N–H and O–H groups in total. The fourth-order valence-electron chi connectivity index (χ4n) is 2.05. The van der Waals surface area contributed by atoms with Crippen molar-refractivity contribution in [3.8, 4) is 0 Å². The molecule has 1 aliphatic rings. The van der Waals surface area contributed by atoms with E-state index in [-0.39, 0.29) is 35.8 Å². The lowest BCUT2D eigenvalue weighted by atomic mass is 10.2. The summed E-state index contributed by atoms with van der Waals surface area (Å²) in [4.78, 5) is 24.8. The molecule has 0 aliphatic carbocycles. The number of carbonyl (C=O) groups excluding carboxylic acids is 2. The molecule has 0 aromatic heterocycles. The zero-order valence-electron chi connectivity index (χ0n) is 11.9. The third-order valence-electron chi connectivity index (χ3n) is 3.31. The lowest BCUT2D eigenvalue weighted by molar-refractivity contribution is -0.136. The van der Waals surface area contributed by atoms with Crippen molar-refractivity contribution in [3.63, 3.8) is 0 Å². The average molecular weight is 306 g/mol. The number of ether oxygens (including phenoxy) is 1. The van der Waals surface area contributed by atoms with Gasteiger partial charge in [-0.1, -0.05) is 0 Å². The van der Waals surface area contributed by atoms with Gasteiger partial charge in [0.25, 0.3) is 0 Å². The van der Waals surface area contributed by atoms with Crippen molar-refractivity contribution in [2.45, 2.75) is 25.3 Å². The molecule has 1 atom stereocenters. The molecule has 116 valence electrons. The van der Waals surface area contributed by atoms with Gasteiger partial charge in [0, 0.05) is 33.4 Å². The summed E-state index contributed by atoms with van der Waals surface area (Å²) in [7, 11) is 0.0957. The SMILES string of the molecule is COCCCNC(=O)CC(=O)N(C)C1CCS(=O)(=O)C1. The highest BCUT2D eigenvalue weighted by molar-refractivity contribution is 7.91. The van der Waals surface area contributed by atoms with E-state index in [1.807, 2.05) is 0 Å². The lowest BCUT2D eigenvalue weighted by Crippen LogP contribution is -2.40. The topological polar surface area (TPSA) is 92.8 Å². The van der Waals surface area contributed by atoms with Gasteiger partial charge in [0.05, 0.1) is 11.5 Å². The largest absolute Gasteiger partial charge is 0.385 e. The van der Waals surface area contributed by atoms with Gasteiger partial charge in [-0.3, -0.25) is 9.59 Å². The zero-order valence-corrected chi connectivity index (χ0v) is 12.7. The van der Waals surface area contributed by atoms with Gasteiger partial charge >= 0.3 is 0 Å². The molecule has 1 unspecified atom stereocenters. The van der Waals surface area contributed by atoms with Crippen LogP contribution < -0.4 is 5.32 Å². The molecule has 1 saturated heterocycles. The summed E-state index contributed by atoms with van der Waals surface area (Å²) in [6, 6.07) is -0.311. The Labute approximate surface area is 119 Å². The lowest BCUT2D eigenvalue weighted by Gasteiger charge is -2.23. The standard InChI is InChI=1S/C12H22N2O5S/c1-14(10-4-7-20(17,18)9-10)12(16)8-11(15)13-5-3-6-19-2/h10H,3-9H2,1-2H3,(H,13,15). The van der Waals surface area contributed by atoms with Crippen LogP contribution in [0.3, 0.4) is 0 Å². The molecule has 20 heavy (non-hydrogen) atoms. The van der Waals surface area contributed by atoms with Gasteiger partial charge in [-0.15, -0.1) is 0 Å². The minimum Gasteiger partial charge on any atom is -0.385 e. The van der Waals surface area contributed by atoms with Crippen LogP contribution in [-0.4, -0.2) is 70.0 Å². The van der Waals surface area contributed by atoms with E-state index in [0.29, 0.717) is 26.0 Å². The summed E-state index contributed by atoms with van der Waals surface area (Å²) in [6.07, 6.45) is 0.882. The molecule has 1 fully saturated rings. The van der Waals surface area contributed by atoms with Crippen molar-refractivity contribution in [3.05, 3.63) is 0 Å². The second-order valence-electron chi connectivity index (χ2n) is 4.93. The molecule has 8 heteroatoms. The van der Waals surface area contributed by atoms with Gasteiger partial charge in [0.2, 0.25) is 11.8 Å². The van der Waals surface area contributed by atoms with Crippen LogP contribution in [-0.2, 0) is 24.2 Å². The number of hydrogen-bond donors (Lipinski definition) is 1. The molecule has 0 aromatic rings. The molecule has 1 heterocycles. The average Bonchev–Trinajstić information content (AvgIpc) is 2.74. The van der Waals surface area contributed by atoms with Gasteiger partial charge in [-0.25, -0.2) is 8.42 Å². The maximum atomic E-state index is 11.9. The number of nitrogens with one attached hydrogen (secondary N) is 1. The molecule has 0 bridgehead atoms. The Morgan fingerprint density at radius 1 is 1.40 bits per heavy atom. The highest BCUT2D eigenvalue weighted by atomic mass is 32.2. The van der Waals surface area contributed by atoms with Gasteiger partial charge in [0.1, 0.15) is 6.42 Å². The number of methoxy groups -OCH3 is 1. The zero-order chi connectivity index (χ0) is 15.2. The Kier molecular flexibility index (Phi) is 6.41. The van der Waals surface area contributed by atoms with E-state index in [0.717, 1.165) is 0 Å². The van der Waals surface area contributed by atoms with Gasteiger partial charge in [-0.05, 0) is 12.8 Å². The second-order valence-corrected chi connectivity index (χ2v) is 7.16. The van der Waals surface area contributed by atoms with Gasteiger partial charge < -0.3 is 15.0 Å². The summed E-state index contributed by atoms with van der Waals surface area (Å²) in [5.74, 6) is -0.599. The van der Waals surface area contributed by atoms with E-state index in [4.69, 9.17) is 4.74 Å². The van der Waals surface area contributed by atoms with E-state index in [1.54, 1.807) is 14.2 Å². The van der Waals surface area contributed by atoms with E-state index in [2.05, 4.69) is 5.32 Å². The highest BCUT2D eigenvalue weighted by Gasteiger charge is 2.33. The summed E-state index contributed by atoms with van der Waals surface area (Å²) < 4.78 is 27.6. The molecule has 0 spiro atoms. The van der Waals surface area contributed by atoms with E-state index >= 15 is 0 Å². The van der Waals surface area contributed by atoms with Crippen molar-refractivity contribution >= 4 is 21.7 Å². The molecule has 2 amide bonds. The molecule has 0 radical (unpaired) electrons. The molecule has 0 aromatic carbocycles. The molecular formula is C12H22N2O5S. The molecule has 7 nitrogen and oxygen atoms in total. The van der Waals surface area contributed by atoms with E-state index in [9.17, 15) is 18.0 Å². The normalized spacial score (nSPS) is 20.6. The van der Waals surface area contributed by atoms with Crippen molar-refractivity contribution in [2.24, 2.45) is 0 Å². The Morgan fingerprint density at radius 3 is 2.65 bits per heavy atom. The van der Waals surface area contributed by atoms with Crippen LogP contribution in [0.4, 0.5) is 0 Å². The summed E-state index contributed by atoms with van der Waals surface area (Å²) in [5.41, 5.74) is 0. The molecule has 0 saturated carbocycles. The summed E-state index contributed by atoms with van der Waals surface area (Å²) in [5, 5.41) is 2.63. The van der Waals surface area contributed by atoms with E-state index < -0.39 is 9.84 Å². The maximum Gasteiger partial charge on any atom is 0.232 e. The predicted molar refractivity (Wildman–Crippen MR) is 73.9 cm³/mol. The molecule has 1 rings (SSSR count). The van der Waals surface area contributed by atoms with Crippen molar-refractivity contribution < 1.29 is 22.7 Å². The van der Waals surface area contributed by atoms with Gasteiger partial charge in [0.15, 0.2) is 9.84 Å². The second kappa shape index (κ2) is 7.58. The van der Waals surface area contributed by atoms with Crippen LogP contribution >= 0.6 is 0 Å². The summed E-state index contributed by atoms with van der Waals surface area (Å²) >= 11 is 0. The number of rotatable bonds is 7. The predicted octanol–water partition coefficient (Wildman–Crippen LogP) is -0.825. The highest BCUT2D eigenvalue weighted by Crippen LogP contribution is 2.17. The van der Waals surface area contributed by atoms with E-state index in [1.165, 1.54) is 4.90 Å². The Balaban J connectivity index is 2.33. The van der Waals surface area contributed by atoms with Gasteiger partial charge in [-0.2, -0.15) is 0 Å². The number of sulfone groups is 1. The molecule has 1 aliphatic heterocycles.